The molecule has 1 aliphatic heterocycles. The van der Waals surface area contributed by atoms with Gasteiger partial charge in [0, 0.05) is 6.54 Å². The third-order valence-electron chi connectivity index (χ3n) is 4.22. The zero-order valence-corrected chi connectivity index (χ0v) is 12.6. The molecule has 1 aromatic rings. The highest BCUT2D eigenvalue weighted by atomic mass is 32.2. The van der Waals surface area contributed by atoms with Crippen LogP contribution < -0.4 is 0 Å². The van der Waals surface area contributed by atoms with Crippen molar-refractivity contribution in [3.8, 4) is 0 Å². The number of aromatic nitrogens is 1. The minimum Gasteiger partial charge on any atom is -0.375 e. The first-order valence-corrected chi connectivity index (χ1v) is 8.52. The van der Waals surface area contributed by atoms with Crippen molar-refractivity contribution in [1.82, 2.24) is 9.46 Å². The Hall–Kier alpha value is -0.920. The van der Waals surface area contributed by atoms with Gasteiger partial charge in [-0.25, -0.2) is 8.42 Å². The van der Waals surface area contributed by atoms with Crippen LogP contribution in [0.3, 0.4) is 0 Å². The van der Waals surface area contributed by atoms with Crippen LogP contribution in [0.5, 0.6) is 0 Å². The van der Waals surface area contributed by atoms with E-state index >= 15 is 0 Å². The molecule has 2 aliphatic rings. The van der Waals surface area contributed by atoms with E-state index in [2.05, 4.69) is 5.16 Å². The van der Waals surface area contributed by atoms with Gasteiger partial charge in [0.1, 0.15) is 10.6 Å². The summed E-state index contributed by atoms with van der Waals surface area (Å²) in [4.78, 5) is 0.226. The second-order valence-electron chi connectivity index (χ2n) is 5.53. The van der Waals surface area contributed by atoms with Crippen molar-refractivity contribution in [3.63, 3.8) is 0 Å². The summed E-state index contributed by atoms with van der Waals surface area (Å²) >= 11 is 0. The molecule has 2 fully saturated rings. The van der Waals surface area contributed by atoms with Crippen LogP contribution in [0.2, 0.25) is 0 Å². The molecule has 1 saturated carbocycles. The van der Waals surface area contributed by atoms with Gasteiger partial charge >= 0.3 is 0 Å². The normalized spacial score (nSPS) is 28.3. The molecule has 0 spiro atoms. The van der Waals surface area contributed by atoms with Crippen LogP contribution in [0.4, 0.5) is 0 Å². The Morgan fingerprint density at radius 3 is 2.70 bits per heavy atom. The van der Waals surface area contributed by atoms with E-state index < -0.39 is 10.0 Å². The zero-order valence-electron chi connectivity index (χ0n) is 11.8. The summed E-state index contributed by atoms with van der Waals surface area (Å²) in [5.41, 5.74) is 0.432. The maximum Gasteiger partial charge on any atom is 0.248 e. The molecule has 0 radical (unpaired) electrons. The summed E-state index contributed by atoms with van der Waals surface area (Å²) in [6, 6.07) is -0.0452. The first-order valence-electron chi connectivity index (χ1n) is 7.08. The van der Waals surface area contributed by atoms with Gasteiger partial charge < -0.3 is 9.26 Å². The Morgan fingerprint density at radius 2 is 2.00 bits per heavy atom. The van der Waals surface area contributed by atoms with E-state index in [-0.39, 0.29) is 17.0 Å². The quantitative estimate of drug-likeness (QED) is 0.830. The lowest BCUT2D eigenvalue weighted by molar-refractivity contribution is -0.0586. The number of rotatable bonds is 2. The van der Waals surface area contributed by atoms with Gasteiger partial charge in [0.05, 0.1) is 18.8 Å². The molecule has 2 atom stereocenters. The van der Waals surface area contributed by atoms with Crippen molar-refractivity contribution in [2.24, 2.45) is 0 Å². The molecule has 1 aliphatic carbocycles. The highest BCUT2D eigenvalue weighted by molar-refractivity contribution is 7.89. The second kappa shape index (κ2) is 5.13. The molecular weight excluding hydrogens is 280 g/mol. The number of fused-ring (bicyclic) bond motifs is 1. The summed E-state index contributed by atoms with van der Waals surface area (Å²) in [6.07, 6.45) is 4.01. The summed E-state index contributed by atoms with van der Waals surface area (Å²) in [7, 11) is -3.55. The van der Waals surface area contributed by atoms with Crippen LogP contribution in [0.1, 0.15) is 37.1 Å². The van der Waals surface area contributed by atoms with Gasteiger partial charge in [-0.3, -0.25) is 0 Å². The highest BCUT2D eigenvalue weighted by Gasteiger charge is 2.42. The first-order chi connectivity index (χ1) is 9.51. The molecule has 1 saturated heterocycles. The van der Waals surface area contributed by atoms with E-state index in [1.165, 1.54) is 0 Å². The first kappa shape index (κ1) is 14.0. The molecule has 0 unspecified atom stereocenters. The molecule has 2 heterocycles. The van der Waals surface area contributed by atoms with E-state index in [1.54, 1.807) is 18.2 Å². The largest absolute Gasteiger partial charge is 0.375 e. The van der Waals surface area contributed by atoms with E-state index in [9.17, 15) is 8.42 Å². The van der Waals surface area contributed by atoms with Gasteiger partial charge in [0.2, 0.25) is 10.0 Å². The Balaban J connectivity index is 1.98. The maximum atomic E-state index is 12.9. The van der Waals surface area contributed by atoms with Gasteiger partial charge in [0.25, 0.3) is 0 Å². The number of ether oxygens (including phenoxy) is 1. The van der Waals surface area contributed by atoms with Crippen molar-refractivity contribution in [2.45, 2.75) is 56.6 Å². The SMILES string of the molecule is Cc1noc(C)c1S(=O)(=O)N1CCO[C@@H]2CCCC[C@H]21. The third kappa shape index (κ3) is 2.17. The molecule has 0 aromatic carbocycles. The smallest absolute Gasteiger partial charge is 0.248 e. The number of nitrogens with zero attached hydrogens (tertiary/aromatic N) is 2. The monoisotopic (exact) mass is 300 g/mol. The van der Waals surface area contributed by atoms with Crippen LogP contribution in [0.15, 0.2) is 9.42 Å². The number of sulfonamides is 1. The molecule has 3 rings (SSSR count). The summed E-state index contributed by atoms with van der Waals surface area (Å²) in [5.74, 6) is 0.362. The van der Waals surface area contributed by atoms with Crippen molar-refractivity contribution < 1.29 is 17.7 Å². The van der Waals surface area contributed by atoms with Gasteiger partial charge in [-0.15, -0.1) is 0 Å². The predicted octanol–water partition coefficient (Wildman–Crippen LogP) is 1.62. The zero-order chi connectivity index (χ0) is 14.3. The fourth-order valence-corrected chi connectivity index (χ4v) is 5.28. The lowest BCUT2D eigenvalue weighted by Crippen LogP contribution is -2.54. The third-order valence-corrected chi connectivity index (χ3v) is 6.39. The standard InChI is InChI=1S/C13H20N2O4S/c1-9-13(10(2)19-14-9)20(16,17)15-7-8-18-12-6-4-3-5-11(12)15/h11-12H,3-8H2,1-2H3/t11-,12-/m1/s1. The predicted molar refractivity (Wildman–Crippen MR) is 71.9 cm³/mol. The van der Waals surface area contributed by atoms with Crippen LogP contribution >= 0.6 is 0 Å². The number of aryl methyl sites for hydroxylation is 2. The number of hydrogen-bond donors (Lipinski definition) is 0. The molecule has 0 amide bonds. The Morgan fingerprint density at radius 1 is 1.25 bits per heavy atom. The van der Waals surface area contributed by atoms with Gasteiger partial charge in [-0.1, -0.05) is 18.0 Å². The minimum atomic E-state index is -3.55. The molecule has 0 N–H and O–H groups in total. The average molecular weight is 300 g/mol. The van der Waals surface area contributed by atoms with Gasteiger partial charge in [-0.2, -0.15) is 4.31 Å². The average Bonchev–Trinajstić information content (AvgIpc) is 2.78. The second-order valence-corrected chi connectivity index (χ2v) is 7.36. The van der Waals surface area contributed by atoms with Crippen LogP contribution in [0, 0.1) is 13.8 Å². The Bertz CT molecular complexity index is 574. The summed E-state index contributed by atoms with van der Waals surface area (Å²) < 4.78 is 38.2. The van der Waals surface area contributed by atoms with E-state index in [4.69, 9.17) is 9.26 Å². The maximum absolute atomic E-state index is 12.9. The lowest BCUT2D eigenvalue weighted by Gasteiger charge is -2.42. The Kier molecular flexibility index (Phi) is 3.60. The molecule has 6 nitrogen and oxygen atoms in total. The number of morpholine rings is 1. The number of hydrogen-bond acceptors (Lipinski definition) is 5. The van der Waals surface area contributed by atoms with Gasteiger partial charge in [-0.05, 0) is 26.7 Å². The van der Waals surface area contributed by atoms with E-state index in [0.717, 1.165) is 25.7 Å². The van der Waals surface area contributed by atoms with E-state index in [1.807, 2.05) is 0 Å². The van der Waals surface area contributed by atoms with Crippen molar-refractivity contribution >= 4 is 10.0 Å². The summed E-state index contributed by atoms with van der Waals surface area (Å²) in [5, 5.41) is 3.77. The van der Waals surface area contributed by atoms with Crippen molar-refractivity contribution in [1.29, 1.82) is 0 Å². The molecular formula is C13H20N2O4S. The topological polar surface area (TPSA) is 72.6 Å². The molecule has 7 heteroatoms. The minimum absolute atomic E-state index is 0.0350. The fourth-order valence-electron chi connectivity index (χ4n) is 3.32. The van der Waals surface area contributed by atoms with Crippen LogP contribution in [-0.4, -0.2) is 43.2 Å². The van der Waals surface area contributed by atoms with Crippen molar-refractivity contribution in [2.75, 3.05) is 13.2 Å². The Labute approximate surface area is 119 Å². The lowest BCUT2D eigenvalue weighted by atomic mass is 9.91. The molecule has 1 aromatic heterocycles. The molecule has 112 valence electrons. The fraction of sp³-hybridized carbons (Fsp3) is 0.769. The molecule has 0 bridgehead atoms. The van der Waals surface area contributed by atoms with Gasteiger partial charge in [0.15, 0.2) is 5.76 Å². The summed E-state index contributed by atoms with van der Waals surface area (Å²) in [6.45, 7) is 4.19. The van der Waals surface area contributed by atoms with Crippen LogP contribution in [-0.2, 0) is 14.8 Å². The highest BCUT2D eigenvalue weighted by Crippen LogP contribution is 2.33. The van der Waals surface area contributed by atoms with Crippen molar-refractivity contribution in [3.05, 3.63) is 11.5 Å². The molecule has 20 heavy (non-hydrogen) atoms. The van der Waals surface area contributed by atoms with Crippen LogP contribution in [0.25, 0.3) is 0 Å². The van der Waals surface area contributed by atoms with E-state index in [0.29, 0.717) is 24.6 Å².